The zero-order valence-corrected chi connectivity index (χ0v) is 15.5. The van der Waals surface area contributed by atoms with Gasteiger partial charge in [-0.25, -0.2) is 4.79 Å². The molecule has 7 heteroatoms. The molecule has 138 valence electrons. The van der Waals surface area contributed by atoms with Gasteiger partial charge in [0.2, 0.25) is 0 Å². The predicted octanol–water partition coefficient (Wildman–Crippen LogP) is 3.75. The zero-order chi connectivity index (χ0) is 19.8. The Bertz CT molecular complexity index is 932. The largest absolute Gasteiger partial charge is 0.481 e. The number of nitrogens with one attached hydrogen (secondary N) is 1. The van der Waals surface area contributed by atoms with Crippen LogP contribution in [0.3, 0.4) is 0 Å². The highest BCUT2D eigenvalue weighted by Gasteiger charge is 2.13. The maximum absolute atomic E-state index is 12.5. The lowest BCUT2D eigenvalue weighted by molar-refractivity contribution is -0.142. The molecule has 0 aromatic heterocycles. The van der Waals surface area contributed by atoms with Gasteiger partial charge < -0.3 is 14.8 Å². The van der Waals surface area contributed by atoms with Gasteiger partial charge in [-0.3, -0.25) is 4.79 Å². The van der Waals surface area contributed by atoms with Crippen molar-refractivity contribution in [3.63, 3.8) is 0 Å². The minimum absolute atomic E-state index is 0.122. The van der Waals surface area contributed by atoms with Crippen molar-refractivity contribution in [2.45, 2.75) is 6.92 Å². The number of carbonyl (C=O) groups excluding carboxylic acids is 2. The van der Waals surface area contributed by atoms with Gasteiger partial charge in [0, 0.05) is 16.3 Å². The highest BCUT2D eigenvalue weighted by molar-refractivity contribution is 6.31. The van der Waals surface area contributed by atoms with Crippen LogP contribution in [0.15, 0.2) is 48.0 Å². The maximum atomic E-state index is 12.5. The van der Waals surface area contributed by atoms with Crippen LogP contribution in [0.5, 0.6) is 5.75 Å². The van der Waals surface area contributed by atoms with Gasteiger partial charge in [0.25, 0.3) is 5.91 Å². The summed E-state index contributed by atoms with van der Waals surface area (Å²) >= 11 is 6.05. The molecule has 0 fully saturated rings. The third-order valence-corrected chi connectivity index (χ3v) is 4.08. The Hall–Kier alpha value is -3.30. The third kappa shape index (κ3) is 5.33. The smallest absolute Gasteiger partial charge is 0.343 e. The lowest BCUT2D eigenvalue weighted by Gasteiger charge is -2.10. The van der Waals surface area contributed by atoms with Crippen molar-refractivity contribution in [2.75, 3.05) is 19.0 Å². The average Bonchev–Trinajstić information content (AvgIpc) is 2.68. The molecule has 6 nitrogen and oxygen atoms in total. The number of anilines is 1. The topological polar surface area (TPSA) is 88.4 Å². The predicted molar refractivity (Wildman–Crippen MR) is 102 cm³/mol. The summed E-state index contributed by atoms with van der Waals surface area (Å²) in [5, 5.41) is 12.6. The van der Waals surface area contributed by atoms with E-state index >= 15 is 0 Å². The molecule has 0 spiro atoms. The molecule has 0 saturated heterocycles. The highest BCUT2D eigenvalue weighted by atomic mass is 35.5. The Morgan fingerprint density at radius 3 is 2.67 bits per heavy atom. The molecule has 2 rings (SSSR count). The SMILES string of the molecule is COC(=O)COc1ccccc1/C=C(/C#N)C(=O)Nc1cccc(Cl)c1C. The van der Waals surface area contributed by atoms with Crippen LogP contribution >= 0.6 is 11.6 Å². The molecular weight excluding hydrogens is 368 g/mol. The van der Waals surface area contributed by atoms with Crippen LogP contribution in [0.2, 0.25) is 5.02 Å². The fraction of sp³-hybridized carbons (Fsp3) is 0.150. The van der Waals surface area contributed by atoms with Crippen molar-refractivity contribution in [3.8, 4) is 11.8 Å². The minimum atomic E-state index is -0.578. The number of benzene rings is 2. The first-order valence-electron chi connectivity index (χ1n) is 7.93. The Labute approximate surface area is 162 Å². The zero-order valence-electron chi connectivity index (χ0n) is 14.8. The standard InChI is InChI=1S/C20H17ClN2O4/c1-13-16(21)7-5-8-17(13)23-20(25)15(11-22)10-14-6-3-4-9-18(14)27-12-19(24)26-2/h3-10H,12H2,1-2H3,(H,23,25)/b15-10-. The van der Waals surface area contributed by atoms with Crippen LogP contribution in [0.1, 0.15) is 11.1 Å². The number of hydrogen-bond donors (Lipinski definition) is 1. The molecular formula is C20H17ClN2O4. The molecule has 2 aromatic carbocycles. The van der Waals surface area contributed by atoms with Crippen molar-refractivity contribution < 1.29 is 19.1 Å². The van der Waals surface area contributed by atoms with E-state index in [9.17, 15) is 14.9 Å². The molecule has 0 bridgehead atoms. The summed E-state index contributed by atoms with van der Waals surface area (Å²) in [4.78, 5) is 23.7. The number of amides is 1. The van der Waals surface area contributed by atoms with E-state index in [4.69, 9.17) is 16.3 Å². The van der Waals surface area contributed by atoms with Gasteiger partial charge in [-0.1, -0.05) is 35.9 Å². The van der Waals surface area contributed by atoms with Gasteiger partial charge >= 0.3 is 5.97 Å². The minimum Gasteiger partial charge on any atom is -0.481 e. The fourth-order valence-electron chi connectivity index (χ4n) is 2.16. The van der Waals surface area contributed by atoms with Gasteiger partial charge in [0.05, 0.1) is 7.11 Å². The number of methoxy groups -OCH3 is 1. The molecule has 2 aromatic rings. The Balaban J connectivity index is 2.25. The van der Waals surface area contributed by atoms with Crippen molar-refractivity contribution in [1.82, 2.24) is 0 Å². The quantitative estimate of drug-likeness (QED) is 0.465. The molecule has 0 unspecified atom stereocenters. The first kappa shape index (κ1) is 20.0. The molecule has 0 saturated carbocycles. The molecule has 0 atom stereocenters. The van der Waals surface area contributed by atoms with Gasteiger partial charge in [0.1, 0.15) is 17.4 Å². The third-order valence-electron chi connectivity index (χ3n) is 3.67. The number of nitriles is 1. The van der Waals surface area contributed by atoms with Crippen LogP contribution < -0.4 is 10.1 Å². The lowest BCUT2D eigenvalue weighted by Crippen LogP contribution is -2.15. The molecule has 0 heterocycles. The first-order chi connectivity index (χ1) is 13.0. The monoisotopic (exact) mass is 384 g/mol. The molecule has 27 heavy (non-hydrogen) atoms. The van der Waals surface area contributed by atoms with E-state index in [1.807, 2.05) is 6.07 Å². The number of nitrogens with zero attached hydrogens (tertiary/aromatic N) is 1. The number of para-hydroxylation sites is 1. The first-order valence-corrected chi connectivity index (χ1v) is 8.31. The normalized spacial score (nSPS) is 10.7. The second-order valence-electron chi connectivity index (χ2n) is 5.44. The van der Waals surface area contributed by atoms with Gasteiger partial charge in [0.15, 0.2) is 6.61 Å². The Kier molecular flexibility index (Phi) is 6.98. The van der Waals surface area contributed by atoms with Crippen LogP contribution in [-0.4, -0.2) is 25.6 Å². The van der Waals surface area contributed by atoms with E-state index in [0.717, 1.165) is 0 Å². The molecule has 1 N–H and O–H groups in total. The number of ether oxygens (including phenoxy) is 2. The van der Waals surface area contributed by atoms with Crippen LogP contribution in [-0.2, 0) is 14.3 Å². The van der Waals surface area contributed by atoms with Gasteiger partial charge in [-0.15, -0.1) is 0 Å². The summed E-state index contributed by atoms with van der Waals surface area (Å²) in [5.41, 5.74) is 1.58. The second-order valence-corrected chi connectivity index (χ2v) is 5.85. The summed E-state index contributed by atoms with van der Waals surface area (Å²) in [6.45, 7) is 1.49. The highest BCUT2D eigenvalue weighted by Crippen LogP contribution is 2.24. The van der Waals surface area contributed by atoms with E-state index in [1.165, 1.54) is 13.2 Å². The van der Waals surface area contributed by atoms with Gasteiger partial charge in [-0.2, -0.15) is 5.26 Å². The Morgan fingerprint density at radius 1 is 1.22 bits per heavy atom. The summed E-state index contributed by atoms with van der Waals surface area (Å²) in [6, 6.07) is 13.7. The fourth-order valence-corrected chi connectivity index (χ4v) is 2.34. The molecule has 0 aliphatic heterocycles. The van der Waals surface area contributed by atoms with E-state index in [1.54, 1.807) is 49.4 Å². The van der Waals surface area contributed by atoms with E-state index in [2.05, 4.69) is 10.1 Å². The van der Waals surface area contributed by atoms with E-state index in [0.29, 0.717) is 27.6 Å². The lowest BCUT2D eigenvalue weighted by atomic mass is 10.1. The molecule has 0 aliphatic rings. The van der Waals surface area contributed by atoms with Crippen molar-refractivity contribution in [3.05, 3.63) is 64.2 Å². The number of hydrogen-bond acceptors (Lipinski definition) is 5. The number of esters is 1. The summed E-state index contributed by atoms with van der Waals surface area (Å²) in [6.07, 6.45) is 1.39. The summed E-state index contributed by atoms with van der Waals surface area (Å²) in [7, 11) is 1.26. The van der Waals surface area contributed by atoms with Crippen LogP contribution in [0.25, 0.3) is 6.08 Å². The average molecular weight is 385 g/mol. The van der Waals surface area contributed by atoms with Crippen molar-refractivity contribution >= 4 is 35.2 Å². The van der Waals surface area contributed by atoms with Crippen molar-refractivity contribution in [1.29, 1.82) is 5.26 Å². The van der Waals surface area contributed by atoms with Crippen molar-refractivity contribution in [2.24, 2.45) is 0 Å². The Morgan fingerprint density at radius 2 is 1.96 bits per heavy atom. The number of rotatable bonds is 6. The van der Waals surface area contributed by atoms with Crippen LogP contribution in [0, 0.1) is 18.3 Å². The van der Waals surface area contributed by atoms with Gasteiger partial charge in [-0.05, 0) is 36.8 Å². The van der Waals surface area contributed by atoms with Crippen LogP contribution in [0.4, 0.5) is 5.69 Å². The molecule has 0 radical (unpaired) electrons. The molecule has 1 amide bonds. The summed E-state index contributed by atoms with van der Waals surface area (Å²) < 4.78 is 9.92. The van der Waals surface area contributed by atoms with E-state index in [-0.39, 0.29) is 12.2 Å². The molecule has 0 aliphatic carbocycles. The number of carbonyl (C=O) groups is 2. The maximum Gasteiger partial charge on any atom is 0.343 e. The second kappa shape index (κ2) is 9.41. The number of halogens is 1. The van der Waals surface area contributed by atoms with E-state index < -0.39 is 11.9 Å². The summed E-state index contributed by atoms with van der Waals surface area (Å²) in [5.74, 6) is -0.767.